The van der Waals surface area contributed by atoms with Gasteiger partial charge in [0, 0.05) is 14.3 Å². The molecule has 1 atom stereocenters. The summed E-state index contributed by atoms with van der Waals surface area (Å²) < 4.78 is 19.5. The first kappa shape index (κ1) is 20.5. The Bertz CT molecular complexity index is 678. The van der Waals surface area contributed by atoms with E-state index in [2.05, 4.69) is 26.0 Å². The minimum atomic E-state index is -1.01. The molecular formula is C15H17BrFN3O3S. The molecule has 0 aliphatic carbocycles. The number of halogens is 2. The molecule has 1 aromatic carbocycles. The molecule has 0 heterocycles. The van der Waals surface area contributed by atoms with E-state index in [0.717, 1.165) is 12.5 Å². The van der Waals surface area contributed by atoms with Crippen LogP contribution in [0.25, 0.3) is 10.4 Å². The number of hydrogen-bond donors (Lipinski definition) is 0. The molecule has 0 bridgehead atoms. The van der Waals surface area contributed by atoms with E-state index in [1.165, 1.54) is 17.8 Å². The van der Waals surface area contributed by atoms with Crippen molar-refractivity contribution < 1.29 is 18.7 Å². The second-order valence-corrected chi connectivity index (χ2v) is 7.24. The van der Waals surface area contributed by atoms with Crippen LogP contribution in [0.5, 0.6) is 0 Å². The third-order valence-electron chi connectivity index (χ3n) is 2.82. The topological polar surface area (TPSA) is 92.1 Å². The molecule has 6 nitrogen and oxygen atoms in total. The van der Waals surface area contributed by atoms with Crippen LogP contribution in [0, 0.1) is 5.82 Å². The first-order valence-electron chi connectivity index (χ1n) is 7.25. The van der Waals surface area contributed by atoms with Gasteiger partial charge in [-0.1, -0.05) is 13.3 Å². The van der Waals surface area contributed by atoms with Gasteiger partial charge in [-0.3, -0.25) is 9.59 Å². The maximum absolute atomic E-state index is 13.9. The van der Waals surface area contributed by atoms with E-state index >= 15 is 0 Å². The standard InChI is InChI=1S/C15H17BrFN3O3S/c1-4-5-12(15(22)23-8(2)3)24-13-6-9(14(21)19-20-18)11(17)7-10(13)16/h6-8,12H,4-5H2,1-3H3. The number of benzene rings is 1. The molecule has 1 aromatic rings. The van der Waals surface area contributed by atoms with Gasteiger partial charge >= 0.3 is 5.97 Å². The van der Waals surface area contributed by atoms with Gasteiger partial charge in [0.2, 0.25) is 0 Å². The Morgan fingerprint density at radius 1 is 1.46 bits per heavy atom. The number of azide groups is 1. The predicted octanol–water partition coefficient (Wildman–Crippen LogP) is 5.25. The highest BCUT2D eigenvalue weighted by Gasteiger charge is 2.24. The maximum Gasteiger partial charge on any atom is 0.319 e. The molecule has 0 N–H and O–H groups in total. The molecule has 24 heavy (non-hydrogen) atoms. The Morgan fingerprint density at radius 2 is 2.12 bits per heavy atom. The summed E-state index contributed by atoms with van der Waals surface area (Å²) in [5.41, 5.74) is 7.98. The second-order valence-electron chi connectivity index (χ2n) is 5.14. The Labute approximate surface area is 151 Å². The molecule has 0 spiro atoms. The van der Waals surface area contributed by atoms with Crippen LogP contribution in [0.2, 0.25) is 0 Å². The van der Waals surface area contributed by atoms with E-state index in [4.69, 9.17) is 10.3 Å². The van der Waals surface area contributed by atoms with Crippen molar-refractivity contribution in [3.05, 3.63) is 38.4 Å². The average Bonchev–Trinajstić information content (AvgIpc) is 2.48. The van der Waals surface area contributed by atoms with Crippen molar-refractivity contribution in [2.45, 2.75) is 49.9 Å². The second kappa shape index (κ2) is 9.66. The summed E-state index contributed by atoms with van der Waals surface area (Å²) in [4.78, 5) is 26.7. The number of ether oxygens (including phenoxy) is 1. The fourth-order valence-electron chi connectivity index (χ4n) is 1.83. The summed E-state index contributed by atoms with van der Waals surface area (Å²) in [5, 5.41) is 2.42. The Hall–Kier alpha value is -1.57. The quantitative estimate of drug-likeness (QED) is 0.199. The van der Waals surface area contributed by atoms with Gasteiger partial charge in [-0.15, -0.1) is 11.8 Å². The van der Waals surface area contributed by atoms with E-state index in [1.807, 2.05) is 6.92 Å². The summed E-state index contributed by atoms with van der Waals surface area (Å²) in [6.45, 7) is 5.46. The van der Waals surface area contributed by atoms with Crippen molar-refractivity contribution in [3.8, 4) is 0 Å². The number of nitrogens with zero attached hydrogens (tertiary/aromatic N) is 3. The minimum Gasteiger partial charge on any atom is -0.462 e. The predicted molar refractivity (Wildman–Crippen MR) is 93.4 cm³/mol. The van der Waals surface area contributed by atoms with Gasteiger partial charge in [-0.2, -0.15) is 0 Å². The molecule has 0 saturated heterocycles. The lowest BCUT2D eigenvalue weighted by atomic mass is 10.2. The fraction of sp³-hybridized carbons (Fsp3) is 0.467. The molecule has 0 radical (unpaired) electrons. The molecular weight excluding hydrogens is 401 g/mol. The van der Waals surface area contributed by atoms with Gasteiger partial charge in [0.15, 0.2) is 0 Å². The van der Waals surface area contributed by atoms with Crippen molar-refractivity contribution in [1.29, 1.82) is 0 Å². The van der Waals surface area contributed by atoms with Crippen molar-refractivity contribution >= 4 is 39.6 Å². The van der Waals surface area contributed by atoms with Crippen molar-refractivity contribution in [1.82, 2.24) is 0 Å². The molecule has 0 fully saturated rings. The fourth-order valence-corrected chi connectivity index (χ4v) is 3.59. The van der Waals surface area contributed by atoms with E-state index in [-0.39, 0.29) is 17.6 Å². The highest BCUT2D eigenvalue weighted by Crippen LogP contribution is 2.35. The largest absolute Gasteiger partial charge is 0.462 e. The van der Waals surface area contributed by atoms with Gasteiger partial charge in [0.1, 0.15) is 11.1 Å². The number of esters is 1. The van der Waals surface area contributed by atoms with E-state index in [0.29, 0.717) is 15.8 Å². The monoisotopic (exact) mass is 417 g/mol. The van der Waals surface area contributed by atoms with Crippen LogP contribution in [-0.4, -0.2) is 23.2 Å². The molecule has 1 unspecified atom stereocenters. The van der Waals surface area contributed by atoms with Crippen LogP contribution in [0.15, 0.2) is 26.6 Å². The lowest BCUT2D eigenvalue weighted by Gasteiger charge is -2.18. The summed E-state index contributed by atoms with van der Waals surface area (Å²) in [5.74, 6) is -2.18. The van der Waals surface area contributed by atoms with Crippen molar-refractivity contribution in [3.63, 3.8) is 0 Å². The van der Waals surface area contributed by atoms with Crippen LogP contribution in [0.3, 0.4) is 0 Å². The molecule has 0 aromatic heterocycles. The van der Waals surface area contributed by atoms with E-state index < -0.39 is 17.0 Å². The van der Waals surface area contributed by atoms with Crippen molar-refractivity contribution in [2.24, 2.45) is 5.11 Å². The minimum absolute atomic E-state index is 0.240. The highest BCUT2D eigenvalue weighted by molar-refractivity contribution is 9.10. The van der Waals surface area contributed by atoms with Crippen LogP contribution in [-0.2, 0) is 9.53 Å². The Balaban J connectivity index is 3.14. The highest BCUT2D eigenvalue weighted by atomic mass is 79.9. The van der Waals surface area contributed by atoms with E-state index in [1.54, 1.807) is 13.8 Å². The van der Waals surface area contributed by atoms with Crippen LogP contribution in [0.4, 0.5) is 4.39 Å². The van der Waals surface area contributed by atoms with Crippen LogP contribution >= 0.6 is 27.7 Å². The van der Waals surface area contributed by atoms with Gasteiger partial charge in [-0.25, -0.2) is 4.39 Å². The molecule has 1 amide bonds. The molecule has 9 heteroatoms. The molecule has 0 saturated carbocycles. The third-order valence-corrected chi connectivity index (χ3v) is 5.05. The lowest BCUT2D eigenvalue weighted by molar-refractivity contribution is -0.146. The number of thioether (sulfide) groups is 1. The summed E-state index contributed by atoms with van der Waals surface area (Å²) in [6.07, 6.45) is 1.09. The molecule has 0 aliphatic rings. The van der Waals surface area contributed by atoms with Gasteiger partial charge in [-0.05, 0) is 59.0 Å². The first-order valence-corrected chi connectivity index (χ1v) is 8.93. The van der Waals surface area contributed by atoms with E-state index in [9.17, 15) is 14.0 Å². The van der Waals surface area contributed by atoms with Gasteiger partial charge in [0.05, 0.1) is 11.7 Å². The number of rotatable bonds is 7. The molecule has 130 valence electrons. The Morgan fingerprint density at radius 3 is 2.67 bits per heavy atom. The van der Waals surface area contributed by atoms with Crippen LogP contribution in [0.1, 0.15) is 44.0 Å². The number of carbonyl (C=O) groups excluding carboxylic acids is 2. The molecule has 0 aliphatic heterocycles. The SMILES string of the molecule is CCCC(Sc1cc(C(=O)N=[N+]=[N-])c(F)cc1Br)C(=O)OC(C)C. The lowest BCUT2D eigenvalue weighted by Crippen LogP contribution is -2.23. The Kier molecular flexibility index (Phi) is 8.24. The number of hydrogen-bond acceptors (Lipinski definition) is 4. The maximum atomic E-state index is 13.9. The smallest absolute Gasteiger partial charge is 0.319 e. The average molecular weight is 418 g/mol. The van der Waals surface area contributed by atoms with Crippen molar-refractivity contribution in [2.75, 3.05) is 0 Å². The normalized spacial score (nSPS) is 11.8. The summed E-state index contributed by atoms with van der Waals surface area (Å²) >= 11 is 4.39. The van der Waals surface area contributed by atoms with Gasteiger partial charge < -0.3 is 4.74 Å². The molecule has 1 rings (SSSR count). The zero-order chi connectivity index (χ0) is 18.3. The first-order chi connectivity index (χ1) is 11.3. The number of carbonyl (C=O) groups is 2. The summed E-state index contributed by atoms with van der Waals surface area (Å²) in [6, 6.07) is 2.38. The summed E-state index contributed by atoms with van der Waals surface area (Å²) in [7, 11) is 0. The van der Waals surface area contributed by atoms with Gasteiger partial charge in [0.25, 0.3) is 5.91 Å². The van der Waals surface area contributed by atoms with Crippen LogP contribution < -0.4 is 0 Å². The zero-order valence-corrected chi connectivity index (χ0v) is 15.9. The third kappa shape index (κ3) is 5.81. The number of amides is 1. The zero-order valence-electron chi connectivity index (χ0n) is 13.5.